The number of hydrogen-bond acceptors (Lipinski definition) is 2. The van der Waals surface area contributed by atoms with E-state index in [-0.39, 0.29) is 18.2 Å². The first-order valence-electron chi connectivity index (χ1n) is 7.52. The van der Waals surface area contributed by atoms with Crippen molar-refractivity contribution in [3.63, 3.8) is 0 Å². The molecule has 4 nitrogen and oxygen atoms in total. The minimum Gasteiger partial charge on any atom is -0.355 e. The van der Waals surface area contributed by atoms with Crippen molar-refractivity contribution in [1.29, 1.82) is 0 Å². The van der Waals surface area contributed by atoms with Crippen molar-refractivity contribution in [3.05, 3.63) is 63.6 Å². The third kappa shape index (κ3) is 5.55. The van der Waals surface area contributed by atoms with Crippen LogP contribution in [0.4, 0.5) is 5.69 Å². The zero-order valence-electron chi connectivity index (χ0n) is 13.2. The zero-order valence-corrected chi connectivity index (χ0v) is 14.7. The molecule has 6 heteroatoms. The lowest BCUT2D eigenvalue weighted by atomic mass is 10.1. The number of halogens is 2. The van der Waals surface area contributed by atoms with Crippen LogP contribution >= 0.6 is 23.2 Å². The van der Waals surface area contributed by atoms with Crippen molar-refractivity contribution in [1.82, 2.24) is 5.32 Å². The second-order valence-corrected chi connectivity index (χ2v) is 6.21. The quantitative estimate of drug-likeness (QED) is 0.761. The average Bonchev–Trinajstić information content (AvgIpc) is 2.52. The Morgan fingerprint density at radius 2 is 1.79 bits per heavy atom. The van der Waals surface area contributed by atoms with E-state index in [4.69, 9.17) is 23.2 Å². The van der Waals surface area contributed by atoms with Crippen LogP contribution in [-0.2, 0) is 16.0 Å². The van der Waals surface area contributed by atoms with Crippen LogP contribution in [0.5, 0.6) is 0 Å². The van der Waals surface area contributed by atoms with Gasteiger partial charge in [-0.25, -0.2) is 0 Å². The summed E-state index contributed by atoms with van der Waals surface area (Å²) in [5.41, 5.74) is 2.41. The molecular formula is C18H18Cl2N2O2. The van der Waals surface area contributed by atoms with E-state index in [1.54, 1.807) is 24.3 Å². The lowest BCUT2D eigenvalue weighted by Crippen LogP contribution is -2.29. The number of hydrogen-bond donors (Lipinski definition) is 2. The summed E-state index contributed by atoms with van der Waals surface area (Å²) in [6.07, 6.45) is 0.419. The second kappa shape index (κ2) is 8.71. The maximum absolute atomic E-state index is 11.9. The van der Waals surface area contributed by atoms with Crippen LogP contribution in [0.2, 0.25) is 10.0 Å². The number of carbonyl (C=O) groups is 2. The van der Waals surface area contributed by atoms with Gasteiger partial charge in [-0.1, -0.05) is 41.4 Å². The van der Waals surface area contributed by atoms with Gasteiger partial charge >= 0.3 is 0 Å². The minimum absolute atomic E-state index is 0.235. The summed E-state index contributed by atoms with van der Waals surface area (Å²) < 4.78 is 0. The summed E-state index contributed by atoms with van der Waals surface area (Å²) in [5.74, 6) is -0.699. The minimum atomic E-state index is -0.374. The molecule has 0 atom stereocenters. The van der Waals surface area contributed by atoms with Gasteiger partial charge in [0.05, 0.1) is 0 Å². The monoisotopic (exact) mass is 364 g/mol. The molecular weight excluding hydrogens is 347 g/mol. The predicted molar refractivity (Wildman–Crippen MR) is 97.6 cm³/mol. The Kier molecular flexibility index (Phi) is 6.64. The molecule has 0 heterocycles. The molecule has 0 spiro atoms. The van der Waals surface area contributed by atoms with E-state index >= 15 is 0 Å². The molecule has 0 saturated carbocycles. The molecule has 2 aromatic rings. The van der Waals surface area contributed by atoms with E-state index in [1.165, 1.54) is 0 Å². The number of anilines is 1. The van der Waals surface area contributed by atoms with E-state index in [1.807, 2.05) is 25.1 Å². The second-order valence-electron chi connectivity index (χ2n) is 5.37. The standard InChI is InChI=1S/C18H18Cl2N2O2/c1-12-15(20)6-3-7-16(12)22-18(24)11-17(23)21-9-8-13-4-2-5-14(19)10-13/h2-7,10H,8-9,11H2,1H3,(H,21,23)(H,22,24). The van der Waals surface area contributed by atoms with Crippen LogP contribution in [-0.4, -0.2) is 18.4 Å². The van der Waals surface area contributed by atoms with Gasteiger partial charge in [0.15, 0.2) is 0 Å². The summed E-state index contributed by atoms with van der Waals surface area (Å²) in [7, 11) is 0. The fraction of sp³-hybridized carbons (Fsp3) is 0.222. The van der Waals surface area contributed by atoms with Crippen molar-refractivity contribution in [3.8, 4) is 0 Å². The molecule has 2 aromatic carbocycles. The molecule has 126 valence electrons. The van der Waals surface area contributed by atoms with Gasteiger partial charge in [0.2, 0.25) is 11.8 Å². The molecule has 0 saturated heterocycles. The van der Waals surface area contributed by atoms with Crippen LogP contribution in [0, 0.1) is 6.92 Å². The topological polar surface area (TPSA) is 58.2 Å². The first-order valence-corrected chi connectivity index (χ1v) is 8.27. The van der Waals surface area contributed by atoms with Gasteiger partial charge in [-0.15, -0.1) is 0 Å². The molecule has 2 amide bonds. The highest BCUT2D eigenvalue weighted by atomic mass is 35.5. The van der Waals surface area contributed by atoms with E-state index in [0.29, 0.717) is 28.7 Å². The predicted octanol–water partition coefficient (Wildman–Crippen LogP) is 3.99. The average molecular weight is 365 g/mol. The van der Waals surface area contributed by atoms with Crippen molar-refractivity contribution < 1.29 is 9.59 Å². The molecule has 0 aliphatic rings. The highest BCUT2D eigenvalue weighted by Gasteiger charge is 2.11. The zero-order chi connectivity index (χ0) is 17.5. The largest absolute Gasteiger partial charge is 0.355 e. The molecule has 0 fully saturated rings. The van der Waals surface area contributed by atoms with Gasteiger partial charge in [0, 0.05) is 22.3 Å². The van der Waals surface area contributed by atoms with Gasteiger partial charge in [-0.2, -0.15) is 0 Å². The SMILES string of the molecule is Cc1c(Cl)cccc1NC(=O)CC(=O)NCCc1cccc(Cl)c1. The van der Waals surface area contributed by atoms with Crippen molar-refractivity contribution in [2.75, 3.05) is 11.9 Å². The third-order valence-corrected chi connectivity index (χ3v) is 4.13. The first-order chi connectivity index (χ1) is 11.5. The highest BCUT2D eigenvalue weighted by Crippen LogP contribution is 2.22. The van der Waals surface area contributed by atoms with Crippen LogP contribution in [0.3, 0.4) is 0 Å². The first kappa shape index (κ1) is 18.3. The van der Waals surface area contributed by atoms with E-state index in [9.17, 15) is 9.59 Å². The lowest BCUT2D eigenvalue weighted by molar-refractivity contribution is -0.126. The fourth-order valence-corrected chi connectivity index (χ4v) is 2.57. The number of nitrogens with one attached hydrogen (secondary N) is 2. The number of carbonyl (C=O) groups excluding carboxylic acids is 2. The van der Waals surface area contributed by atoms with Crippen LogP contribution in [0.15, 0.2) is 42.5 Å². The van der Waals surface area contributed by atoms with Gasteiger partial charge in [0.1, 0.15) is 6.42 Å². The summed E-state index contributed by atoms with van der Waals surface area (Å²) in [5, 5.41) is 6.65. The lowest BCUT2D eigenvalue weighted by Gasteiger charge is -2.10. The Hall–Kier alpha value is -2.04. The maximum Gasteiger partial charge on any atom is 0.233 e. The fourth-order valence-electron chi connectivity index (χ4n) is 2.18. The normalized spacial score (nSPS) is 10.3. The Labute approximate surface area is 151 Å². The summed E-state index contributed by atoms with van der Waals surface area (Å²) in [4.78, 5) is 23.8. The molecule has 0 aliphatic carbocycles. The molecule has 2 rings (SSSR count). The Bertz CT molecular complexity index is 748. The molecule has 0 unspecified atom stereocenters. The van der Waals surface area contributed by atoms with E-state index in [0.717, 1.165) is 11.1 Å². The third-order valence-electron chi connectivity index (χ3n) is 3.49. The Morgan fingerprint density at radius 1 is 1.04 bits per heavy atom. The maximum atomic E-state index is 11.9. The van der Waals surface area contributed by atoms with Crippen LogP contribution < -0.4 is 10.6 Å². The molecule has 0 aliphatic heterocycles. The molecule has 24 heavy (non-hydrogen) atoms. The van der Waals surface area contributed by atoms with E-state index < -0.39 is 0 Å². The van der Waals surface area contributed by atoms with Gasteiger partial charge in [0.25, 0.3) is 0 Å². The van der Waals surface area contributed by atoms with E-state index in [2.05, 4.69) is 10.6 Å². The van der Waals surface area contributed by atoms with Crippen molar-refractivity contribution >= 4 is 40.7 Å². The molecule has 0 radical (unpaired) electrons. The van der Waals surface area contributed by atoms with Gasteiger partial charge in [-0.3, -0.25) is 9.59 Å². The molecule has 0 bridgehead atoms. The van der Waals surface area contributed by atoms with Crippen LogP contribution in [0.25, 0.3) is 0 Å². The van der Waals surface area contributed by atoms with Crippen molar-refractivity contribution in [2.45, 2.75) is 19.8 Å². The number of rotatable bonds is 6. The number of benzene rings is 2. The summed E-state index contributed by atoms with van der Waals surface area (Å²) in [6.45, 7) is 2.26. The van der Waals surface area contributed by atoms with Crippen molar-refractivity contribution in [2.24, 2.45) is 0 Å². The molecule has 2 N–H and O–H groups in total. The summed E-state index contributed by atoms with van der Waals surface area (Å²) >= 11 is 11.9. The van der Waals surface area contributed by atoms with Gasteiger partial charge in [-0.05, 0) is 48.7 Å². The summed E-state index contributed by atoms with van der Waals surface area (Å²) in [6, 6.07) is 12.7. The van der Waals surface area contributed by atoms with Crippen LogP contribution in [0.1, 0.15) is 17.5 Å². The smallest absolute Gasteiger partial charge is 0.233 e. The van der Waals surface area contributed by atoms with Gasteiger partial charge < -0.3 is 10.6 Å². The number of amides is 2. The Balaban J connectivity index is 1.77. The molecule has 0 aromatic heterocycles. The highest BCUT2D eigenvalue weighted by molar-refractivity contribution is 6.31. The Morgan fingerprint density at radius 3 is 2.54 bits per heavy atom.